The molecule has 0 aliphatic rings. The molecule has 17 heavy (non-hydrogen) atoms. The minimum Gasteiger partial charge on any atom is -0.478 e. The maximum Gasteiger partial charge on any atom is 0.335 e. The monoisotopic (exact) mass is 250 g/mol. The van der Waals surface area contributed by atoms with Crippen molar-refractivity contribution in [3.8, 4) is 11.1 Å². The van der Waals surface area contributed by atoms with Crippen LogP contribution in [0.4, 0.5) is 4.39 Å². The molecule has 86 valence electrons. The predicted molar refractivity (Wildman–Crippen MR) is 63.8 cm³/mol. The summed E-state index contributed by atoms with van der Waals surface area (Å²) in [7, 11) is 0. The molecular weight excluding hydrogens is 243 g/mol. The van der Waals surface area contributed by atoms with Crippen molar-refractivity contribution < 1.29 is 14.3 Å². The summed E-state index contributed by atoms with van der Waals surface area (Å²) in [6.07, 6.45) is 0. The topological polar surface area (TPSA) is 37.3 Å². The third kappa shape index (κ3) is 2.45. The van der Waals surface area contributed by atoms with Gasteiger partial charge in [-0.1, -0.05) is 23.7 Å². The van der Waals surface area contributed by atoms with Crippen molar-refractivity contribution in [1.82, 2.24) is 0 Å². The Kier molecular flexibility index (Phi) is 3.11. The molecule has 0 atom stereocenters. The van der Waals surface area contributed by atoms with E-state index in [-0.39, 0.29) is 11.4 Å². The van der Waals surface area contributed by atoms with E-state index in [4.69, 9.17) is 16.7 Å². The lowest BCUT2D eigenvalue weighted by atomic mass is 10.0. The van der Waals surface area contributed by atoms with Crippen molar-refractivity contribution in [3.05, 3.63) is 58.9 Å². The molecule has 0 unspecified atom stereocenters. The number of carboxylic acid groups (broad SMARTS) is 1. The zero-order valence-corrected chi connectivity index (χ0v) is 9.41. The summed E-state index contributed by atoms with van der Waals surface area (Å²) in [5.41, 5.74) is 1.40. The van der Waals surface area contributed by atoms with Crippen LogP contribution < -0.4 is 0 Å². The fourth-order valence-electron chi connectivity index (χ4n) is 1.51. The highest BCUT2D eigenvalue weighted by Gasteiger charge is 2.08. The van der Waals surface area contributed by atoms with Crippen LogP contribution in [0, 0.1) is 5.82 Å². The van der Waals surface area contributed by atoms with E-state index in [0.29, 0.717) is 16.1 Å². The molecule has 0 fully saturated rings. The predicted octanol–water partition coefficient (Wildman–Crippen LogP) is 3.84. The third-order valence-electron chi connectivity index (χ3n) is 2.37. The number of aromatic carboxylic acids is 1. The molecular formula is C13H8ClFO2. The normalized spacial score (nSPS) is 10.2. The summed E-state index contributed by atoms with van der Waals surface area (Å²) in [6, 6.07) is 10.1. The molecule has 0 aliphatic carbocycles. The number of benzene rings is 2. The van der Waals surface area contributed by atoms with Crippen LogP contribution in [0.2, 0.25) is 5.02 Å². The molecule has 2 rings (SSSR count). The molecule has 0 radical (unpaired) electrons. The number of rotatable bonds is 2. The number of hydrogen-bond acceptors (Lipinski definition) is 1. The minimum absolute atomic E-state index is 0.147. The van der Waals surface area contributed by atoms with E-state index >= 15 is 0 Å². The zero-order chi connectivity index (χ0) is 12.4. The number of carboxylic acids is 1. The summed E-state index contributed by atoms with van der Waals surface area (Å²) < 4.78 is 12.8. The molecule has 0 bridgehead atoms. The van der Waals surface area contributed by atoms with Crippen LogP contribution in [-0.2, 0) is 0 Å². The first-order chi connectivity index (χ1) is 8.08. The van der Waals surface area contributed by atoms with E-state index in [1.807, 2.05) is 0 Å². The lowest BCUT2D eigenvalue weighted by molar-refractivity contribution is 0.0697. The maximum atomic E-state index is 12.8. The van der Waals surface area contributed by atoms with Crippen LogP contribution in [0.25, 0.3) is 11.1 Å². The molecule has 2 aromatic carbocycles. The highest BCUT2D eigenvalue weighted by atomic mass is 35.5. The van der Waals surface area contributed by atoms with Gasteiger partial charge < -0.3 is 5.11 Å². The highest BCUT2D eigenvalue weighted by molar-refractivity contribution is 6.33. The summed E-state index contributed by atoms with van der Waals surface area (Å²) >= 11 is 5.99. The van der Waals surface area contributed by atoms with E-state index in [9.17, 15) is 9.18 Å². The molecule has 2 aromatic rings. The summed E-state index contributed by atoms with van der Waals surface area (Å²) in [5, 5.41) is 9.32. The van der Waals surface area contributed by atoms with Crippen molar-refractivity contribution >= 4 is 17.6 Å². The summed E-state index contributed by atoms with van der Waals surface area (Å²) in [6.45, 7) is 0. The van der Waals surface area contributed by atoms with Gasteiger partial charge in [0.2, 0.25) is 0 Å². The summed E-state index contributed by atoms with van der Waals surface area (Å²) in [5.74, 6) is -1.37. The average Bonchev–Trinajstić information content (AvgIpc) is 2.31. The van der Waals surface area contributed by atoms with E-state index in [2.05, 4.69) is 0 Å². The second-order valence-electron chi connectivity index (χ2n) is 3.51. The summed E-state index contributed by atoms with van der Waals surface area (Å²) in [4.78, 5) is 10.8. The first-order valence-electron chi connectivity index (χ1n) is 4.87. The molecule has 0 aromatic heterocycles. The molecule has 0 heterocycles. The van der Waals surface area contributed by atoms with Gasteiger partial charge in [-0.25, -0.2) is 9.18 Å². The quantitative estimate of drug-likeness (QED) is 0.879. The average molecular weight is 251 g/mol. The van der Waals surface area contributed by atoms with Gasteiger partial charge in [0.15, 0.2) is 0 Å². The number of halogens is 2. The van der Waals surface area contributed by atoms with E-state index in [1.165, 1.54) is 30.3 Å². The largest absolute Gasteiger partial charge is 0.478 e. The highest BCUT2D eigenvalue weighted by Crippen LogP contribution is 2.29. The minimum atomic E-state index is -1.02. The maximum absolute atomic E-state index is 12.8. The van der Waals surface area contributed by atoms with Crippen LogP contribution in [0.5, 0.6) is 0 Å². The molecule has 0 spiro atoms. The Balaban J connectivity index is 2.54. The lowest BCUT2D eigenvalue weighted by Crippen LogP contribution is -1.96. The van der Waals surface area contributed by atoms with Crippen molar-refractivity contribution in [1.29, 1.82) is 0 Å². The molecule has 0 amide bonds. The van der Waals surface area contributed by atoms with Crippen LogP contribution in [0.1, 0.15) is 10.4 Å². The standard InChI is InChI=1S/C13H8ClFO2/c14-12-6-3-9(13(16)17)7-11(12)8-1-4-10(15)5-2-8/h1-7H,(H,16,17). The van der Waals surface area contributed by atoms with Crippen molar-refractivity contribution in [2.45, 2.75) is 0 Å². The van der Waals surface area contributed by atoms with Crippen molar-refractivity contribution in [2.24, 2.45) is 0 Å². The zero-order valence-electron chi connectivity index (χ0n) is 8.65. The molecule has 0 saturated carbocycles. The Hall–Kier alpha value is -1.87. The van der Waals surface area contributed by atoms with Gasteiger partial charge in [-0.3, -0.25) is 0 Å². The van der Waals surface area contributed by atoms with Gasteiger partial charge in [-0.05, 0) is 35.9 Å². The van der Waals surface area contributed by atoms with Crippen molar-refractivity contribution in [2.75, 3.05) is 0 Å². The Bertz CT molecular complexity index is 564. The van der Waals surface area contributed by atoms with E-state index in [0.717, 1.165) is 0 Å². The lowest BCUT2D eigenvalue weighted by Gasteiger charge is -2.05. The first-order valence-corrected chi connectivity index (χ1v) is 5.24. The first kappa shape index (κ1) is 11.6. The van der Waals surface area contributed by atoms with Gasteiger partial charge in [-0.2, -0.15) is 0 Å². The molecule has 0 aliphatic heterocycles. The van der Waals surface area contributed by atoms with Crippen molar-refractivity contribution in [3.63, 3.8) is 0 Å². The SMILES string of the molecule is O=C(O)c1ccc(Cl)c(-c2ccc(F)cc2)c1. The van der Waals surface area contributed by atoms with Gasteiger partial charge in [0.05, 0.1) is 5.56 Å². The fraction of sp³-hybridized carbons (Fsp3) is 0. The van der Waals surface area contributed by atoms with Gasteiger partial charge in [0.25, 0.3) is 0 Å². The smallest absolute Gasteiger partial charge is 0.335 e. The van der Waals surface area contributed by atoms with Crippen LogP contribution in [-0.4, -0.2) is 11.1 Å². The Labute approximate surface area is 102 Å². The third-order valence-corrected chi connectivity index (χ3v) is 2.70. The molecule has 2 nitrogen and oxygen atoms in total. The van der Waals surface area contributed by atoms with E-state index in [1.54, 1.807) is 12.1 Å². The Morgan fingerprint density at radius 1 is 1.12 bits per heavy atom. The van der Waals surface area contributed by atoms with Gasteiger partial charge in [0, 0.05) is 10.6 Å². The van der Waals surface area contributed by atoms with E-state index < -0.39 is 5.97 Å². The van der Waals surface area contributed by atoms with Crippen LogP contribution in [0.3, 0.4) is 0 Å². The molecule has 1 N–H and O–H groups in total. The Morgan fingerprint density at radius 3 is 2.35 bits per heavy atom. The van der Waals surface area contributed by atoms with Gasteiger partial charge >= 0.3 is 5.97 Å². The van der Waals surface area contributed by atoms with Gasteiger partial charge in [0.1, 0.15) is 5.82 Å². The van der Waals surface area contributed by atoms with Crippen LogP contribution >= 0.6 is 11.6 Å². The second kappa shape index (κ2) is 4.55. The molecule has 4 heteroatoms. The number of carbonyl (C=O) groups is 1. The molecule has 0 saturated heterocycles. The number of hydrogen-bond donors (Lipinski definition) is 1. The van der Waals surface area contributed by atoms with Gasteiger partial charge in [-0.15, -0.1) is 0 Å². The fourth-order valence-corrected chi connectivity index (χ4v) is 1.74. The van der Waals surface area contributed by atoms with Crippen LogP contribution in [0.15, 0.2) is 42.5 Å². The Morgan fingerprint density at radius 2 is 1.76 bits per heavy atom. The second-order valence-corrected chi connectivity index (χ2v) is 3.91.